The summed E-state index contributed by atoms with van der Waals surface area (Å²) in [6, 6.07) is 6.69. The maximum absolute atomic E-state index is 12.5. The van der Waals surface area contributed by atoms with Gasteiger partial charge in [-0.15, -0.1) is 10.2 Å². The molecule has 0 fully saturated rings. The second-order valence-electron chi connectivity index (χ2n) is 4.47. The van der Waals surface area contributed by atoms with Crippen LogP contribution in [0.15, 0.2) is 29.4 Å². The molecule has 3 N–H and O–H groups in total. The van der Waals surface area contributed by atoms with Gasteiger partial charge in [0.1, 0.15) is 5.75 Å². The molecule has 2 rings (SSSR count). The zero-order chi connectivity index (χ0) is 17.7. The van der Waals surface area contributed by atoms with Crippen LogP contribution in [0.4, 0.5) is 18.9 Å². The molecule has 0 aliphatic rings. The molecule has 0 aliphatic heterocycles. The highest BCUT2D eigenvalue weighted by Gasteiger charge is 2.38. The second kappa shape index (κ2) is 7.43. The van der Waals surface area contributed by atoms with Crippen molar-refractivity contribution in [2.45, 2.75) is 18.3 Å². The third-order valence-corrected chi connectivity index (χ3v) is 3.64. The summed E-state index contributed by atoms with van der Waals surface area (Å²) < 4.78 is 43.2. The van der Waals surface area contributed by atoms with E-state index in [1.54, 1.807) is 24.3 Å². The van der Waals surface area contributed by atoms with Gasteiger partial charge in [-0.3, -0.25) is 4.79 Å². The molecule has 7 nitrogen and oxygen atoms in total. The first-order valence-corrected chi connectivity index (χ1v) is 7.73. The quantitative estimate of drug-likeness (QED) is 0.605. The number of nitrogens with zero attached hydrogens (tertiary/aromatic N) is 3. The van der Waals surface area contributed by atoms with Crippen LogP contribution in [0.25, 0.3) is 0 Å². The molecule has 1 aromatic heterocycles. The zero-order valence-corrected chi connectivity index (χ0v) is 13.3. The van der Waals surface area contributed by atoms with Gasteiger partial charge in [0.2, 0.25) is 11.1 Å². The molecule has 0 spiro atoms. The molecule has 0 aliphatic carbocycles. The van der Waals surface area contributed by atoms with E-state index in [1.807, 2.05) is 6.92 Å². The first-order valence-electron chi connectivity index (χ1n) is 6.74. The highest BCUT2D eigenvalue weighted by Crippen LogP contribution is 2.28. The predicted octanol–water partition coefficient (Wildman–Crippen LogP) is 2.14. The number of alkyl halides is 3. The Bertz CT molecular complexity index is 703. The Morgan fingerprint density at radius 3 is 2.54 bits per heavy atom. The highest BCUT2D eigenvalue weighted by molar-refractivity contribution is 7.99. The molecule has 1 amide bonds. The fraction of sp³-hybridized carbons (Fsp3) is 0.308. The molecule has 130 valence electrons. The Balaban J connectivity index is 1.90. The van der Waals surface area contributed by atoms with Gasteiger partial charge in [0, 0.05) is 5.69 Å². The van der Waals surface area contributed by atoms with E-state index in [1.165, 1.54) is 0 Å². The lowest BCUT2D eigenvalue weighted by Gasteiger charge is -2.07. The number of halogens is 3. The van der Waals surface area contributed by atoms with Crippen molar-refractivity contribution in [2.75, 3.05) is 23.5 Å². The number of hydrogen-bond donors (Lipinski definition) is 2. The van der Waals surface area contributed by atoms with Gasteiger partial charge in [-0.25, -0.2) is 4.68 Å². The lowest BCUT2D eigenvalue weighted by atomic mass is 10.3. The standard InChI is InChI=1S/C13H14F3N5O2S/c1-2-23-9-5-3-8(4-6-9)18-10(22)7-24-12-20-19-11(21(12)17)13(14,15)16/h3-6H,2,7,17H2,1H3,(H,18,22). The highest BCUT2D eigenvalue weighted by atomic mass is 32.2. The summed E-state index contributed by atoms with van der Waals surface area (Å²) in [6.45, 7) is 2.38. The summed E-state index contributed by atoms with van der Waals surface area (Å²) in [5.41, 5.74) is 0.536. The Morgan fingerprint density at radius 1 is 1.33 bits per heavy atom. The molecular weight excluding hydrogens is 347 g/mol. The monoisotopic (exact) mass is 361 g/mol. The van der Waals surface area contributed by atoms with E-state index in [2.05, 4.69) is 15.5 Å². The van der Waals surface area contributed by atoms with E-state index < -0.39 is 17.9 Å². The molecule has 0 atom stereocenters. The smallest absolute Gasteiger partial charge is 0.453 e. The maximum atomic E-state index is 12.5. The number of nitrogens with one attached hydrogen (secondary N) is 1. The normalized spacial score (nSPS) is 11.3. The molecule has 11 heteroatoms. The molecule has 0 saturated heterocycles. The largest absolute Gasteiger partial charge is 0.494 e. The summed E-state index contributed by atoms with van der Waals surface area (Å²) in [6.07, 6.45) is -4.70. The molecule has 24 heavy (non-hydrogen) atoms. The van der Waals surface area contributed by atoms with Crippen molar-refractivity contribution < 1.29 is 22.7 Å². The van der Waals surface area contributed by atoms with Crippen LogP contribution in [-0.4, -0.2) is 33.1 Å². The summed E-state index contributed by atoms with van der Waals surface area (Å²) in [5.74, 6) is 4.04. The van der Waals surface area contributed by atoms with Crippen LogP contribution >= 0.6 is 11.8 Å². The Hall–Kier alpha value is -2.43. The van der Waals surface area contributed by atoms with Crippen molar-refractivity contribution in [3.05, 3.63) is 30.1 Å². The number of carbonyl (C=O) groups excluding carboxylic acids is 1. The predicted molar refractivity (Wildman–Crippen MR) is 82.1 cm³/mol. The van der Waals surface area contributed by atoms with Crippen molar-refractivity contribution in [3.8, 4) is 5.75 Å². The fourth-order valence-corrected chi connectivity index (χ4v) is 2.35. The van der Waals surface area contributed by atoms with Gasteiger partial charge >= 0.3 is 6.18 Å². The topological polar surface area (TPSA) is 95.1 Å². The second-order valence-corrected chi connectivity index (χ2v) is 5.41. The molecule has 0 unspecified atom stereocenters. The summed E-state index contributed by atoms with van der Waals surface area (Å²) in [5, 5.41) is 8.70. The van der Waals surface area contributed by atoms with Gasteiger partial charge in [-0.2, -0.15) is 13.2 Å². The van der Waals surface area contributed by atoms with Crippen molar-refractivity contribution in [3.63, 3.8) is 0 Å². The Kier molecular flexibility index (Phi) is 5.54. The van der Waals surface area contributed by atoms with E-state index in [9.17, 15) is 18.0 Å². The van der Waals surface area contributed by atoms with Gasteiger partial charge < -0.3 is 15.9 Å². The minimum atomic E-state index is -4.70. The van der Waals surface area contributed by atoms with Crippen LogP contribution in [0.3, 0.4) is 0 Å². The number of anilines is 1. The molecule has 2 aromatic rings. The van der Waals surface area contributed by atoms with E-state index in [0.29, 0.717) is 22.7 Å². The third-order valence-electron chi connectivity index (χ3n) is 2.70. The van der Waals surface area contributed by atoms with Crippen LogP contribution in [0.2, 0.25) is 0 Å². The minimum Gasteiger partial charge on any atom is -0.494 e. The van der Waals surface area contributed by atoms with Crippen molar-refractivity contribution in [2.24, 2.45) is 0 Å². The van der Waals surface area contributed by atoms with Crippen molar-refractivity contribution in [1.82, 2.24) is 14.9 Å². The number of carbonyl (C=O) groups is 1. The minimum absolute atomic E-state index is 0.166. The number of thioether (sulfide) groups is 1. The molecule has 0 saturated carbocycles. The molecule has 0 bridgehead atoms. The van der Waals surface area contributed by atoms with Crippen molar-refractivity contribution in [1.29, 1.82) is 0 Å². The van der Waals surface area contributed by atoms with Crippen LogP contribution < -0.4 is 15.9 Å². The van der Waals surface area contributed by atoms with E-state index in [-0.39, 0.29) is 10.9 Å². The van der Waals surface area contributed by atoms with Gasteiger partial charge in [-0.05, 0) is 31.2 Å². The van der Waals surface area contributed by atoms with Gasteiger partial charge in [0.05, 0.1) is 12.4 Å². The molecule has 1 aromatic carbocycles. The van der Waals surface area contributed by atoms with E-state index >= 15 is 0 Å². The van der Waals surface area contributed by atoms with Crippen LogP contribution in [0.1, 0.15) is 12.7 Å². The molecular formula is C13H14F3N5O2S. The average Bonchev–Trinajstić information content (AvgIpc) is 2.88. The van der Waals surface area contributed by atoms with Crippen LogP contribution in [0.5, 0.6) is 5.75 Å². The summed E-state index contributed by atoms with van der Waals surface area (Å²) in [4.78, 5) is 11.8. The molecule has 0 radical (unpaired) electrons. The van der Waals surface area contributed by atoms with Crippen molar-refractivity contribution >= 4 is 23.4 Å². The van der Waals surface area contributed by atoms with Gasteiger partial charge in [0.25, 0.3) is 5.82 Å². The SMILES string of the molecule is CCOc1ccc(NC(=O)CSc2nnc(C(F)(F)F)n2N)cc1. The Labute approximate surface area is 139 Å². The number of amides is 1. The third kappa shape index (κ3) is 4.54. The molecule has 1 heterocycles. The van der Waals surface area contributed by atoms with E-state index in [0.717, 1.165) is 11.8 Å². The van der Waals surface area contributed by atoms with Gasteiger partial charge in [-0.1, -0.05) is 11.8 Å². The first-order chi connectivity index (χ1) is 11.3. The summed E-state index contributed by atoms with van der Waals surface area (Å²) in [7, 11) is 0. The number of ether oxygens (including phenoxy) is 1. The fourth-order valence-electron chi connectivity index (χ4n) is 1.70. The van der Waals surface area contributed by atoms with Gasteiger partial charge in [0.15, 0.2) is 0 Å². The number of aromatic nitrogens is 3. The number of benzene rings is 1. The number of hydrogen-bond acceptors (Lipinski definition) is 6. The van der Waals surface area contributed by atoms with Crippen LogP contribution in [0, 0.1) is 0 Å². The Morgan fingerprint density at radius 2 is 2.00 bits per heavy atom. The number of nitrogen functional groups attached to an aromatic ring is 1. The average molecular weight is 361 g/mol. The zero-order valence-electron chi connectivity index (χ0n) is 12.5. The number of nitrogens with two attached hydrogens (primary N) is 1. The van der Waals surface area contributed by atoms with E-state index in [4.69, 9.17) is 10.6 Å². The summed E-state index contributed by atoms with van der Waals surface area (Å²) >= 11 is 0.750. The lowest BCUT2D eigenvalue weighted by molar-refractivity contribution is -0.146. The lowest BCUT2D eigenvalue weighted by Crippen LogP contribution is -2.22. The maximum Gasteiger partial charge on any atom is 0.453 e. The first kappa shape index (κ1) is 17.9. The van der Waals surface area contributed by atoms with Crippen LogP contribution in [-0.2, 0) is 11.0 Å². The number of rotatable bonds is 6.